The Morgan fingerprint density at radius 1 is 1.24 bits per heavy atom. The fourth-order valence-electron chi connectivity index (χ4n) is 2.10. The number of aliphatic carboxylic acids is 1. The molecule has 0 saturated heterocycles. The van der Waals surface area contributed by atoms with Crippen LogP contribution in [-0.4, -0.2) is 16.9 Å². The largest absolute Gasteiger partial charge is 0.478 e. The second-order valence-electron chi connectivity index (χ2n) is 4.27. The molecule has 0 unspecified atom stereocenters. The molecule has 0 saturated carbocycles. The maximum atomic E-state index is 11.5. The van der Waals surface area contributed by atoms with E-state index < -0.39 is 5.97 Å². The van der Waals surface area contributed by atoms with Crippen LogP contribution in [0.1, 0.15) is 29.5 Å². The van der Waals surface area contributed by atoms with Crippen molar-refractivity contribution in [1.29, 1.82) is 0 Å². The summed E-state index contributed by atoms with van der Waals surface area (Å²) in [5.41, 5.74) is 3.09. The van der Waals surface area contributed by atoms with E-state index in [0.29, 0.717) is 12.8 Å². The lowest BCUT2D eigenvalue weighted by molar-refractivity contribution is -0.131. The van der Waals surface area contributed by atoms with Crippen LogP contribution in [0.2, 0.25) is 0 Å². The van der Waals surface area contributed by atoms with Crippen molar-refractivity contribution in [2.45, 2.75) is 25.7 Å². The van der Waals surface area contributed by atoms with Crippen molar-refractivity contribution in [1.82, 2.24) is 0 Å². The number of carbonyl (C=O) groups is 2. The maximum Gasteiger partial charge on any atom is 0.328 e. The van der Waals surface area contributed by atoms with Crippen LogP contribution in [0.5, 0.6) is 0 Å². The fourth-order valence-corrected chi connectivity index (χ4v) is 2.10. The van der Waals surface area contributed by atoms with E-state index in [1.807, 2.05) is 18.2 Å². The van der Waals surface area contributed by atoms with Gasteiger partial charge in [0.2, 0.25) is 0 Å². The third kappa shape index (κ3) is 3.03. The number of ketones is 1. The van der Waals surface area contributed by atoms with Gasteiger partial charge in [0.1, 0.15) is 5.78 Å². The first-order valence-corrected chi connectivity index (χ1v) is 5.69. The Labute approximate surface area is 99.8 Å². The third-order valence-electron chi connectivity index (χ3n) is 2.94. The molecular weight excluding hydrogens is 216 g/mol. The van der Waals surface area contributed by atoms with Crippen LogP contribution < -0.4 is 0 Å². The van der Waals surface area contributed by atoms with Crippen LogP contribution in [0.25, 0.3) is 6.08 Å². The van der Waals surface area contributed by atoms with Gasteiger partial charge in [-0.05, 0) is 35.6 Å². The summed E-state index contributed by atoms with van der Waals surface area (Å²) in [6, 6.07) is 5.81. The number of carboxylic acids is 1. The molecule has 0 bridgehead atoms. The van der Waals surface area contributed by atoms with Gasteiger partial charge in [-0.15, -0.1) is 0 Å². The third-order valence-corrected chi connectivity index (χ3v) is 2.94. The van der Waals surface area contributed by atoms with Crippen molar-refractivity contribution in [3.05, 3.63) is 41.0 Å². The molecule has 1 aromatic rings. The molecule has 1 N–H and O–H groups in total. The van der Waals surface area contributed by atoms with E-state index >= 15 is 0 Å². The topological polar surface area (TPSA) is 54.4 Å². The Morgan fingerprint density at radius 3 is 2.82 bits per heavy atom. The van der Waals surface area contributed by atoms with Gasteiger partial charge in [-0.25, -0.2) is 4.79 Å². The number of carboxylic acid groups (broad SMARTS) is 1. The van der Waals surface area contributed by atoms with Crippen molar-refractivity contribution in [2.75, 3.05) is 0 Å². The molecule has 88 valence electrons. The normalized spacial score (nSPS) is 15.6. The van der Waals surface area contributed by atoms with E-state index in [1.165, 1.54) is 5.56 Å². The van der Waals surface area contributed by atoms with Crippen molar-refractivity contribution in [2.24, 2.45) is 0 Å². The van der Waals surface area contributed by atoms with Gasteiger partial charge < -0.3 is 5.11 Å². The molecule has 1 aromatic carbocycles. The van der Waals surface area contributed by atoms with Gasteiger partial charge in [-0.1, -0.05) is 18.2 Å². The Morgan fingerprint density at radius 2 is 2.06 bits per heavy atom. The summed E-state index contributed by atoms with van der Waals surface area (Å²) in [5.74, 6) is -0.695. The summed E-state index contributed by atoms with van der Waals surface area (Å²) in [4.78, 5) is 21.9. The molecule has 0 spiro atoms. The van der Waals surface area contributed by atoms with Crippen LogP contribution in [0.15, 0.2) is 24.3 Å². The van der Waals surface area contributed by atoms with Crippen LogP contribution in [0.4, 0.5) is 0 Å². The number of hydrogen-bond donors (Lipinski definition) is 1. The zero-order valence-electron chi connectivity index (χ0n) is 9.48. The maximum absolute atomic E-state index is 11.5. The summed E-state index contributed by atoms with van der Waals surface area (Å²) in [6.07, 6.45) is 5.64. The van der Waals surface area contributed by atoms with Crippen LogP contribution >= 0.6 is 0 Å². The Kier molecular flexibility index (Phi) is 3.38. The number of fused-ring (bicyclic) bond motifs is 1. The Hall–Kier alpha value is -1.90. The molecule has 3 nitrogen and oxygen atoms in total. The smallest absolute Gasteiger partial charge is 0.328 e. The highest BCUT2D eigenvalue weighted by molar-refractivity contribution is 5.85. The van der Waals surface area contributed by atoms with Crippen molar-refractivity contribution in [3.8, 4) is 0 Å². The average molecular weight is 230 g/mol. The minimum atomic E-state index is -0.962. The second-order valence-corrected chi connectivity index (χ2v) is 4.27. The molecule has 1 aliphatic carbocycles. The molecule has 0 radical (unpaired) electrons. The van der Waals surface area contributed by atoms with E-state index in [9.17, 15) is 9.59 Å². The highest BCUT2D eigenvalue weighted by Crippen LogP contribution is 2.20. The summed E-state index contributed by atoms with van der Waals surface area (Å²) >= 11 is 0. The second kappa shape index (κ2) is 4.95. The van der Waals surface area contributed by atoms with Crippen LogP contribution in [0, 0.1) is 0 Å². The first-order chi connectivity index (χ1) is 8.15. The van der Waals surface area contributed by atoms with Crippen molar-refractivity contribution in [3.63, 3.8) is 0 Å². The van der Waals surface area contributed by atoms with E-state index in [-0.39, 0.29) is 5.78 Å². The monoisotopic (exact) mass is 230 g/mol. The summed E-state index contributed by atoms with van der Waals surface area (Å²) < 4.78 is 0. The highest BCUT2D eigenvalue weighted by atomic mass is 16.4. The lowest BCUT2D eigenvalue weighted by atomic mass is 10.00. The van der Waals surface area contributed by atoms with Gasteiger partial charge in [-0.3, -0.25) is 4.79 Å². The predicted molar refractivity (Wildman–Crippen MR) is 64.8 cm³/mol. The van der Waals surface area contributed by atoms with Crippen molar-refractivity contribution < 1.29 is 14.7 Å². The van der Waals surface area contributed by atoms with Gasteiger partial charge in [0.15, 0.2) is 0 Å². The lowest BCUT2D eigenvalue weighted by Crippen LogP contribution is -2.00. The lowest BCUT2D eigenvalue weighted by Gasteiger charge is -2.05. The first-order valence-electron chi connectivity index (χ1n) is 5.69. The van der Waals surface area contributed by atoms with Gasteiger partial charge in [-0.2, -0.15) is 0 Å². The molecule has 0 aliphatic heterocycles. The minimum absolute atomic E-state index is 0.267. The van der Waals surface area contributed by atoms with Gasteiger partial charge in [0.25, 0.3) is 0 Å². The summed E-state index contributed by atoms with van der Waals surface area (Å²) in [6.45, 7) is 0. The molecule has 0 amide bonds. The SMILES string of the molecule is O=C(O)C=Cc1ccc2c(c1)CC(=O)CCC2. The molecule has 0 aromatic heterocycles. The minimum Gasteiger partial charge on any atom is -0.478 e. The molecule has 0 fully saturated rings. The van der Waals surface area contributed by atoms with E-state index in [4.69, 9.17) is 5.11 Å². The Balaban J connectivity index is 2.29. The molecule has 1 aliphatic rings. The fraction of sp³-hybridized carbons (Fsp3) is 0.286. The Bertz CT molecular complexity index is 486. The number of hydrogen-bond acceptors (Lipinski definition) is 2. The summed E-state index contributed by atoms with van der Waals surface area (Å²) in [5, 5.41) is 8.56. The van der Waals surface area contributed by atoms with Gasteiger partial charge in [0.05, 0.1) is 0 Å². The van der Waals surface area contributed by atoms with E-state index in [0.717, 1.165) is 30.0 Å². The quantitative estimate of drug-likeness (QED) is 0.626. The van der Waals surface area contributed by atoms with E-state index in [2.05, 4.69) is 0 Å². The van der Waals surface area contributed by atoms with E-state index in [1.54, 1.807) is 6.08 Å². The molecule has 0 atom stereocenters. The molecule has 3 heteroatoms. The molecule has 0 heterocycles. The standard InChI is InChI=1S/C14H14O3/c15-13-3-1-2-11-6-4-10(5-7-14(16)17)8-12(11)9-13/h4-8H,1-3,9H2,(H,16,17). The number of Topliss-reactive ketones (excluding diaryl/α,β-unsaturated/α-hetero) is 1. The molecule has 2 rings (SSSR count). The number of rotatable bonds is 2. The van der Waals surface area contributed by atoms with Crippen LogP contribution in [0.3, 0.4) is 0 Å². The number of aryl methyl sites for hydroxylation is 1. The van der Waals surface area contributed by atoms with Gasteiger partial charge >= 0.3 is 5.97 Å². The first kappa shape index (κ1) is 11.6. The molecule has 17 heavy (non-hydrogen) atoms. The zero-order chi connectivity index (χ0) is 12.3. The zero-order valence-corrected chi connectivity index (χ0v) is 9.48. The van der Waals surface area contributed by atoms with Crippen molar-refractivity contribution >= 4 is 17.8 Å². The highest BCUT2D eigenvalue weighted by Gasteiger charge is 2.13. The van der Waals surface area contributed by atoms with Crippen LogP contribution in [-0.2, 0) is 22.4 Å². The average Bonchev–Trinajstić information content (AvgIpc) is 2.46. The number of benzene rings is 1. The summed E-state index contributed by atoms with van der Waals surface area (Å²) in [7, 11) is 0. The predicted octanol–water partition coefficient (Wildman–Crippen LogP) is 2.23. The number of carbonyl (C=O) groups excluding carboxylic acids is 1. The van der Waals surface area contributed by atoms with Gasteiger partial charge in [0, 0.05) is 18.9 Å². The molecular formula is C14H14O3.